The highest BCUT2D eigenvalue weighted by Gasteiger charge is 2.18. The summed E-state index contributed by atoms with van der Waals surface area (Å²) in [6.45, 7) is 13.8. The first kappa shape index (κ1) is 17.3. The first-order valence-electron chi connectivity index (χ1n) is 7.84. The van der Waals surface area contributed by atoms with E-state index in [9.17, 15) is 0 Å². The van der Waals surface area contributed by atoms with Gasteiger partial charge in [0.05, 0.1) is 5.70 Å². The second-order valence-corrected chi connectivity index (χ2v) is 5.28. The predicted octanol–water partition coefficient (Wildman–Crippen LogP) is 5.29. The third-order valence-corrected chi connectivity index (χ3v) is 3.92. The molecule has 0 saturated heterocycles. The van der Waals surface area contributed by atoms with Gasteiger partial charge in [0.1, 0.15) is 0 Å². The minimum absolute atomic E-state index is 0.568. The molecule has 106 valence electrons. The Balaban J connectivity index is 4.10. The van der Waals surface area contributed by atoms with Crippen molar-refractivity contribution in [2.75, 3.05) is 6.54 Å². The summed E-state index contributed by atoms with van der Waals surface area (Å²) < 4.78 is 0. The normalized spacial score (nSPS) is 13.8. The number of allylic oxidation sites excluding steroid dienone is 1. The molecule has 1 N–H and O–H groups in total. The molecule has 0 aromatic rings. The van der Waals surface area contributed by atoms with E-state index in [1.54, 1.807) is 0 Å². The molecule has 0 aliphatic heterocycles. The van der Waals surface area contributed by atoms with Crippen LogP contribution in [0.25, 0.3) is 0 Å². The van der Waals surface area contributed by atoms with E-state index in [-0.39, 0.29) is 0 Å². The molecule has 1 nitrogen and oxygen atoms in total. The van der Waals surface area contributed by atoms with Gasteiger partial charge in [0.25, 0.3) is 0 Å². The molecule has 0 amide bonds. The van der Waals surface area contributed by atoms with Gasteiger partial charge < -0.3 is 5.32 Å². The maximum Gasteiger partial charge on any atom is 0.0563 e. The van der Waals surface area contributed by atoms with Crippen LogP contribution in [0.5, 0.6) is 0 Å². The Kier molecular flexibility index (Phi) is 11.0. The number of hydrogen-bond donors (Lipinski definition) is 1. The molecule has 2 atom stereocenters. The van der Waals surface area contributed by atoms with Gasteiger partial charge in [-0.3, -0.25) is 0 Å². The average molecular weight is 251 g/mol. The Hall–Kier alpha value is -0.680. The van der Waals surface area contributed by atoms with Crippen LogP contribution in [0.4, 0.5) is 0 Å². The molecule has 2 unspecified atom stereocenters. The fourth-order valence-corrected chi connectivity index (χ4v) is 2.63. The maximum atomic E-state index is 3.81. The topological polar surface area (TPSA) is 12.0 Å². The van der Waals surface area contributed by atoms with Crippen LogP contribution in [0, 0.1) is 11.8 Å². The van der Waals surface area contributed by atoms with E-state index in [1.165, 1.54) is 50.6 Å². The second kappa shape index (κ2) is 11.4. The average Bonchev–Trinajstić information content (AvgIpc) is 2.39. The summed E-state index contributed by atoms with van der Waals surface area (Å²) in [4.78, 5) is 0. The third-order valence-electron chi connectivity index (χ3n) is 3.92. The highest BCUT2D eigenvalue weighted by molar-refractivity contribution is 5.02. The molecule has 0 fully saturated rings. The van der Waals surface area contributed by atoms with Crippen molar-refractivity contribution in [3.8, 4) is 0 Å². The molecule has 0 saturated carbocycles. The minimum Gasteiger partial charge on any atom is -0.382 e. The molecular formula is C17H33N. The van der Waals surface area contributed by atoms with Gasteiger partial charge >= 0.3 is 0 Å². The van der Waals surface area contributed by atoms with E-state index in [4.69, 9.17) is 0 Å². The number of unbranched alkanes of at least 4 members (excludes halogenated alkanes) is 4. The monoisotopic (exact) mass is 251 g/mol. The van der Waals surface area contributed by atoms with Crippen LogP contribution in [0.3, 0.4) is 0 Å². The highest BCUT2D eigenvalue weighted by Crippen LogP contribution is 2.26. The largest absolute Gasteiger partial charge is 0.382 e. The molecule has 0 aliphatic carbocycles. The Morgan fingerprint density at radius 3 is 2.28 bits per heavy atom. The molecule has 0 rings (SSSR count). The Morgan fingerprint density at radius 1 is 1.11 bits per heavy atom. The van der Waals surface area contributed by atoms with Gasteiger partial charge in [-0.05, 0) is 19.3 Å². The van der Waals surface area contributed by atoms with E-state index < -0.39 is 0 Å². The van der Waals surface area contributed by atoms with Crippen LogP contribution in [0.2, 0.25) is 0 Å². The first-order chi connectivity index (χ1) is 8.71. The Labute approximate surface area is 115 Å². The van der Waals surface area contributed by atoms with Crippen LogP contribution in [-0.4, -0.2) is 6.54 Å². The van der Waals surface area contributed by atoms with Gasteiger partial charge in [-0.2, -0.15) is 0 Å². The van der Waals surface area contributed by atoms with E-state index >= 15 is 0 Å². The van der Waals surface area contributed by atoms with Gasteiger partial charge in [-0.1, -0.05) is 65.9 Å². The number of nitrogens with one attached hydrogen (secondary N) is 1. The summed E-state index contributed by atoms with van der Waals surface area (Å²) in [5.41, 5.74) is 4.29. The fraction of sp³-hybridized carbons (Fsp3) is 0.824. The lowest BCUT2D eigenvalue weighted by molar-refractivity contribution is 0.339. The SMILES string of the molecule is C=C=C(NCC)C(C)C(CC)CCCCCCC. The van der Waals surface area contributed by atoms with Crippen molar-refractivity contribution in [2.45, 2.75) is 72.6 Å². The number of rotatable bonds is 11. The Bertz CT molecular complexity index is 238. The Morgan fingerprint density at radius 2 is 1.78 bits per heavy atom. The van der Waals surface area contributed by atoms with Gasteiger partial charge in [0.15, 0.2) is 0 Å². The lowest BCUT2D eigenvalue weighted by Gasteiger charge is -2.24. The standard InChI is InChI=1S/C17H33N/c1-6-10-11-12-13-14-16(7-2)15(5)17(8-3)18-9-4/h15-16,18H,3,6-7,9-14H2,1-2,4-5H3. The predicted molar refractivity (Wildman–Crippen MR) is 82.7 cm³/mol. The van der Waals surface area contributed by atoms with Crippen molar-refractivity contribution in [1.29, 1.82) is 0 Å². The van der Waals surface area contributed by atoms with E-state index in [0.29, 0.717) is 5.92 Å². The van der Waals surface area contributed by atoms with Crippen molar-refractivity contribution >= 4 is 0 Å². The summed E-state index contributed by atoms with van der Waals surface area (Å²) >= 11 is 0. The summed E-state index contributed by atoms with van der Waals surface area (Å²) in [6.07, 6.45) is 9.49. The zero-order chi connectivity index (χ0) is 13.8. The van der Waals surface area contributed by atoms with Crippen molar-refractivity contribution in [1.82, 2.24) is 5.32 Å². The van der Waals surface area contributed by atoms with Crippen molar-refractivity contribution in [2.24, 2.45) is 11.8 Å². The summed E-state index contributed by atoms with van der Waals surface area (Å²) in [7, 11) is 0. The molecule has 1 heteroatoms. The van der Waals surface area contributed by atoms with Crippen LogP contribution < -0.4 is 5.32 Å². The molecule has 0 aliphatic rings. The van der Waals surface area contributed by atoms with Crippen molar-refractivity contribution in [3.05, 3.63) is 18.0 Å². The van der Waals surface area contributed by atoms with E-state index in [0.717, 1.165) is 12.5 Å². The van der Waals surface area contributed by atoms with E-state index in [2.05, 4.69) is 45.3 Å². The van der Waals surface area contributed by atoms with Gasteiger partial charge in [0, 0.05) is 12.5 Å². The first-order valence-corrected chi connectivity index (χ1v) is 7.84. The smallest absolute Gasteiger partial charge is 0.0563 e. The molecule has 0 bridgehead atoms. The van der Waals surface area contributed by atoms with Crippen LogP contribution >= 0.6 is 0 Å². The van der Waals surface area contributed by atoms with Crippen molar-refractivity contribution < 1.29 is 0 Å². The summed E-state index contributed by atoms with van der Waals surface area (Å²) in [5, 5.41) is 3.40. The second-order valence-electron chi connectivity index (χ2n) is 5.28. The molecular weight excluding hydrogens is 218 g/mol. The minimum atomic E-state index is 0.568. The highest BCUT2D eigenvalue weighted by atomic mass is 14.9. The molecule has 0 spiro atoms. The molecule has 0 radical (unpaired) electrons. The van der Waals surface area contributed by atoms with Crippen LogP contribution in [0.1, 0.15) is 72.6 Å². The van der Waals surface area contributed by atoms with E-state index in [1.807, 2.05) is 0 Å². The lowest BCUT2D eigenvalue weighted by atomic mass is 9.85. The maximum absolute atomic E-state index is 3.81. The third kappa shape index (κ3) is 6.91. The van der Waals surface area contributed by atoms with Gasteiger partial charge in [0.2, 0.25) is 0 Å². The zero-order valence-corrected chi connectivity index (χ0v) is 13.0. The number of hydrogen-bond acceptors (Lipinski definition) is 1. The fourth-order valence-electron chi connectivity index (χ4n) is 2.63. The molecule has 0 heterocycles. The zero-order valence-electron chi connectivity index (χ0n) is 13.0. The van der Waals surface area contributed by atoms with Gasteiger partial charge in [-0.25, -0.2) is 0 Å². The quantitative estimate of drug-likeness (QED) is 0.389. The van der Waals surface area contributed by atoms with Gasteiger partial charge in [-0.15, -0.1) is 5.73 Å². The van der Waals surface area contributed by atoms with Crippen LogP contribution in [0.15, 0.2) is 18.0 Å². The lowest BCUT2D eigenvalue weighted by Crippen LogP contribution is -2.23. The summed E-state index contributed by atoms with van der Waals surface area (Å²) in [6, 6.07) is 0. The molecule has 18 heavy (non-hydrogen) atoms. The molecule has 0 aromatic heterocycles. The summed E-state index contributed by atoms with van der Waals surface area (Å²) in [5.74, 6) is 1.34. The van der Waals surface area contributed by atoms with Crippen molar-refractivity contribution in [3.63, 3.8) is 0 Å². The molecule has 0 aromatic carbocycles. The van der Waals surface area contributed by atoms with Crippen LogP contribution in [-0.2, 0) is 0 Å².